The minimum absolute atomic E-state index is 0.0136. The van der Waals surface area contributed by atoms with Gasteiger partial charge in [0.25, 0.3) is 0 Å². The number of thioether (sulfide) groups is 1. The SMILES string of the molecule is COc1ccc(OC)c(N2C(SCC(=O)Nc3cccc(Cl)c3)=N[C@@H]3CS(=O)(=O)C[C@H]32)c1. The molecule has 0 bridgehead atoms. The van der Waals surface area contributed by atoms with Crippen LogP contribution in [0.5, 0.6) is 11.5 Å². The van der Waals surface area contributed by atoms with Crippen LogP contribution in [0, 0.1) is 0 Å². The molecule has 1 saturated heterocycles. The Balaban J connectivity index is 1.58. The molecule has 2 aromatic rings. The first kappa shape index (κ1) is 22.8. The molecule has 2 heterocycles. The van der Waals surface area contributed by atoms with Crippen molar-refractivity contribution >= 4 is 55.6 Å². The predicted molar refractivity (Wildman–Crippen MR) is 128 cm³/mol. The van der Waals surface area contributed by atoms with Crippen LogP contribution in [0.15, 0.2) is 47.5 Å². The Kier molecular flexibility index (Phi) is 6.55. The van der Waals surface area contributed by atoms with E-state index in [1.807, 2.05) is 4.90 Å². The maximum Gasteiger partial charge on any atom is 0.234 e. The zero-order chi connectivity index (χ0) is 22.9. The van der Waals surface area contributed by atoms with E-state index in [0.717, 1.165) is 0 Å². The second kappa shape index (κ2) is 9.21. The molecule has 0 aromatic heterocycles. The number of rotatable bonds is 6. The number of amidine groups is 1. The van der Waals surface area contributed by atoms with E-state index >= 15 is 0 Å². The molecule has 2 aliphatic heterocycles. The summed E-state index contributed by atoms with van der Waals surface area (Å²) < 4.78 is 35.4. The molecule has 0 radical (unpaired) electrons. The molecule has 32 heavy (non-hydrogen) atoms. The molecule has 4 rings (SSSR count). The predicted octanol–water partition coefficient (Wildman–Crippen LogP) is 3.07. The highest BCUT2D eigenvalue weighted by atomic mass is 35.5. The minimum Gasteiger partial charge on any atom is -0.497 e. The molecule has 0 aliphatic carbocycles. The molecule has 0 spiro atoms. The van der Waals surface area contributed by atoms with E-state index in [0.29, 0.717) is 33.1 Å². The molecule has 0 saturated carbocycles. The molecule has 170 valence electrons. The van der Waals surface area contributed by atoms with E-state index in [1.54, 1.807) is 56.7 Å². The van der Waals surface area contributed by atoms with Gasteiger partial charge in [-0.05, 0) is 30.3 Å². The molecule has 1 N–H and O–H groups in total. The largest absolute Gasteiger partial charge is 0.497 e. The quantitative estimate of drug-likeness (QED) is 0.657. The molecule has 8 nitrogen and oxygen atoms in total. The maximum absolute atomic E-state index is 12.5. The van der Waals surface area contributed by atoms with E-state index < -0.39 is 15.9 Å². The molecule has 2 atom stereocenters. The maximum atomic E-state index is 12.5. The average Bonchev–Trinajstić information content (AvgIpc) is 3.22. The van der Waals surface area contributed by atoms with Crippen LogP contribution in [0.2, 0.25) is 5.02 Å². The van der Waals surface area contributed by atoms with Gasteiger partial charge in [0.15, 0.2) is 15.0 Å². The first-order valence-electron chi connectivity index (χ1n) is 9.77. The van der Waals surface area contributed by atoms with Crippen LogP contribution < -0.4 is 19.7 Å². The van der Waals surface area contributed by atoms with Gasteiger partial charge in [0, 0.05) is 16.8 Å². The lowest BCUT2D eigenvalue weighted by atomic mass is 10.1. The number of carbonyl (C=O) groups excluding carboxylic acids is 1. The van der Waals surface area contributed by atoms with E-state index in [-0.39, 0.29) is 29.2 Å². The van der Waals surface area contributed by atoms with E-state index in [9.17, 15) is 13.2 Å². The standard InChI is InChI=1S/C21H22ClN3O5S2/c1-29-15-6-7-19(30-2)17(9-15)25-18-12-32(27,28)11-16(18)24-21(25)31-10-20(26)23-14-5-3-4-13(22)8-14/h3-9,16,18H,10-12H2,1-2H3,(H,23,26)/t16-,18-/m1/s1. The zero-order valence-corrected chi connectivity index (χ0v) is 19.8. The zero-order valence-electron chi connectivity index (χ0n) is 17.4. The third kappa shape index (κ3) is 4.82. The molecule has 11 heteroatoms. The summed E-state index contributed by atoms with van der Waals surface area (Å²) in [5.74, 6) is 1.02. The number of sulfone groups is 1. The fraction of sp³-hybridized carbons (Fsp3) is 0.333. The highest BCUT2D eigenvalue weighted by Gasteiger charge is 2.48. The highest BCUT2D eigenvalue weighted by Crippen LogP contribution is 2.41. The fourth-order valence-electron chi connectivity index (χ4n) is 3.79. The summed E-state index contributed by atoms with van der Waals surface area (Å²) in [6, 6.07) is 11.5. The van der Waals surface area contributed by atoms with Crippen molar-refractivity contribution in [2.75, 3.05) is 41.7 Å². The Morgan fingerprint density at radius 3 is 2.75 bits per heavy atom. The molecule has 2 aliphatic rings. The molecular weight excluding hydrogens is 474 g/mol. The lowest BCUT2D eigenvalue weighted by molar-refractivity contribution is -0.113. The van der Waals surface area contributed by atoms with Crippen LogP contribution in [-0.2, 0) is 14.6 Å². The van der Waals surface area contributed by atoms with Crippen molar-refractivity contribution in [3.63, 3.8) is 0 Å². The monoisotopic (exact) mass is 495 g/mol. The highest BCUT2D eigenvalue weighted by molar-refractivity contribution is 8.14. The number of amides is 1. The fourth-order valence-corrected chi connectivity index (χ4v) is 6.74. The minimum atomic E-state index is -3.20. The Labute approximate surface area is 195 Å². The summed E-state index contributed by atoms with van der Waals surface area (Å²) in [7, 11) is -0.0969. The summed E-state index contributed by atoms with van der Waals surface area (Å²) in [5.41, 5.74) is 1.25. The van der Waals surface area contributed by atoms with E-state index in [4.69, 9.17) is 21.1 Å². The third-order valence-corrected chi connectivity index (χ3v) is 8.09. The first-order chi connectivity index (χ1) is 15.3. The number of aliphatic imine (C=N–C) groups is 1. The molecule has 1 fully saturated rings. The van der Waals surface area contributed by atoms with E-state index in [1.165, 1.54) is 11.8 Å². The number of nitrogens with zero attached hydrogens (tertiary/aromatic N) is 2. The number of hydrogen-bond acceptors (Lipinski definition) is 8. The van der Waals surface area contributed by atoms with Gasteiger partial charge in [0.1, 0.15) is 11.5 Å². The number of hydrogen-bond donors (Lipinski definition) is 1. The lowest BCUT2D eigenvalue weighted by Crippen LogP contribution is -2.39. The van der Waals surface area contributed by atoms with Gasteiger partial charge >= 0.3 is 0 Å². The topological polar surface area (TPSA) is 97.3 Å². The molecular formula is C21H22ClN3O5S2. The van der Waals surface area contributed by atoms with Crippen molar-refractivity contribution < 1.29 is 22.7 Å². The van der Waals surface area contributed by atoms with Crippen molar-refractivity contribution in [1.29, 1.82) is 0 Å². The summed E-state index contributed by atoms with van der Waals surface area (Å²) in [6.45, 7) is 0. The number of carbonyl (C=O) groups is 1. The van der Waals surface area contributed by atoms with Crippen molar-refractivity contribution in [3.05, 3.63) is 47.5 Å². The van der Waals surface area contributed by atoms with Crippen LogP contribution in [0.25, 0.3) is 0 Å². The molecule has 0 unspecified atom stereocenters. The molecule has 1 amide bonds. The molecule has 2 aromatic carbocycles. The van der Waals surface area contributed by atoms with Gasteiger partial charge in [-0.15, -0.1) is 0 Å². The van der Waals surface area contributed by atoms with Gasteiger partial charge in [-0.3, -0.25) is 9.79 Å². The lowest BCUT2D eigenvalue weighted by Gasteiger charge is -2.28. The number of ether oxygens (including phenoxy) is 2. The summed E-state index contributed by atoms with van der Waals surface area (Å²) in [4.78, 5) is 19.0. The van der Waals surface area contributed by atoms with Gasteiger partial charge in [-0.25, -0.2) is 8.42 Å². The van der Waals surface area contributed by atoms with Gasteiger partial charge in [0.05, 0.1) is 49.2 Å². The first-order valence-corrected chi connectivity index (χ1v) is 13.0. The second-order valence-corrected chi connectivity index (χ2v) is 10.9. The van der Waals surface area contributed by atoms with Gasteiger partial charge < -0.3 is 19.7 Å². The Hall–Kier alpha value is -2.43. The third-order valence-electron chi connectivity index (χ3n) is 5.19. The van der Waals surface area contributed by atoms with Gasteiger partial charge in [-0.2, -0.15) is 0 Å². The normalized spacial score (nSPS) is 21.1. The van der Waals surface area contributed by atoms with Crippen molar-refractivity contribution in [1.82, 2.24) is 0 Å². The van der Waals surface area contributed by atoms with Crippen LogP contribution in [-0.4, -0.2) is 63.1 Å². The number of fused-ring (bicyclic) bond motifs is 1. The Bertz CT molecular complexity index is 1170. The Morgan fingerprint density at radius 2 is 2.03 bits per heavy atom. The number of halogens is 1. The van der Waals surface area contributed by atoms with Crippen LogP contribution in [0.4, 0.5) is 11.4 Å². The summed E-state index contributed by atoms with van der Waals surface area (Å²) in [5, 5.41) is 3.91. The van der Waals surface area contributed by atoms with Crippen LogP contribution in [0.3, 0.4) is 0 Å². The van der Waals surface area contributed by atoms with Gasteiger partial charge in [-0.1, -0.05) is 29.4 Å². The number of benzene rings is 2. The smallest absolute Gasteiger partial charge is 0.234 e. The number of methoxy groups -OCH3 is 2. The van der Waals surface area contributed by atoms with Crippen molar-refractivity contribution in [2.45, 2.75) is 12.1 Å². The number of anilines is 2. The van der Waals surface area contributed by atoms with Crippen molar-refractivity contribution in [2.24, 2.45) is 4.99 Å². The van der Waals surface area contributed by atoms with Crippen LogP contribution in [0.1, 0.15) is 0 Å². The summed E-state index contributed by atoms with van der Waals surface area (Å²) in [6.07, 6.45) is 0. The number of nitrogens with one attached hydrogen (secondary N) is 1. The van der Waals surface area contributed by atoms with Crippen molar-refractivity contribution in [3.8, 4) is 11.5 Å². The van der Waals surface area contributed by atoms with Crippen LogP contribution >= 0.6 is 23.4 Å². The Morgan fingerprint density at radius 1 is 1.22 bits per heavy atom. The average molecular weight is 496 g/mol. The second-order valence-electron chi connectivity index (χ2n) is 7.38. The van der Waals surface area contributed by atoms with E-state index in [2.05, 4.69) is 10.3 Å². The summed E-state index contributed by atoms with van der Waals surface area (Å²) >= 11 is 7.22. The van der Waals surface area contributed by atoms with Gasteiger partial charge in [0.2, 0.25) is 5.91 Å².